The maximum atomic E-state index is 11.2. The summed E-state index contributed by atoms with van der Waals surface area (Å²) in [7, 11) is 1.57. The Bertz CT molecular complexity index is 187. The van der Waals surface area contributed by atoms with Gasteiger partial charge in [0.1, 0.15) is 0 Å². The third-order valence-electron chi connectivity index (χ3n) is 1.28. The van der Waals surface area contributed by atoms with E-state index in [2.05, 4.69) is 5.32 Å². The maximum absolute atomic E-state index is 11.2. The molecule has 1 amide bonds. The van der Waals surface area contributed by atoms with Crippen LogP contribution in [-0.4, -0.2) is 36.6 Å². The zero-order chi connectivity index (χ0) is 10.3. The molecule has 0 aliphatic heterocycles. The van der Waals surface area contributed by atoms with Gasteiger partial charge in [0.15, 0.2) is 5.17 Å². The number of ether oxygens (including phenoxy) is 1. The van der Waals surface area contributed by atoms with Crippen molar-refractivity contribution >= 4 is 22.8 Å². The summed E-state index contributed by atoms with van der Waals surface area (Å²) in [4.78, 5) is 11.2. The van der Waals surface area contributed by atoms with E-state index in [-0.39, 0.29) is 16.3 Å². The molecular weight excluding hydrogens is 190 g/mol. The van der Waals surface area contributed by atoms with E-state index < -0.39 is 0 Å². The van der Waals surface area contributed by atoms with Crippen LogP contribution < -0.4 is 11.1 Å². The minimum Gasteiger partial charge on any atom is -0.383 e. The summed E-state index contributed by atoms with van der Waals surface area (Å²) >= 11 is 1.03. The number of hydrogen-bond acceptors (Lipinski definition) is 4. The molecular formula is C7H15N3O2S. The topological polar surface area (TPSA) is 88.2 Å². The van der Waals surface area contributed by atoms with Gasteiger partial charge in [0.05, 0.1) is 11.9 Å². The van der Waals surface area contributed by atoms with E-state index in [1.54, 1.807) is 14.0 Å². The van der Waals surface area contributed by atoms with E-state index in [9.17, 15) is 4.79 Å². The second-order valence-electron chi connectivity index (χ2n) is 2.41. The Balaban J connectivity index is 3.63. The highest BCUT2D eigenvalue weighted by Crippen LogP contribution is 2.08. The fourth-order valence-electron chi connectivity index (χ4n) is 0.664. The van der Waals surface area contributed by atoms with Crippen LogP contribution in [0.15, 0.2) is 0 Å². The van der Waals surface area contributed by atoms with Crippen LogP contribution in [0.3, 0.4) is 0 Å². The number of carbonyl (C=O) groups is 1. The molecule has 4 N–H and O–H groups in total. The summed E-state index contributed by atoms with van der Waals surface area (Å²) in [6, 6.07) is 0. The Kier molecular flexibility index (Phi) is 6.34. The first-order valence-electron chi connectivity index (χ1n) is 3.85. The molecule has 0 heterocycles. The Morgan fingerprint density at radius 1 is 1.77 bits per heavy atom. The number of thioether (sulfide) groups is 1. The summed E-state index contributed by atoms with van der Waals surface area (Å²) in [5.74, 6) is -0.128. The third kappa shape index (κ3) is 6.41. The Morgan fingerprint density at radius 3 is 2.85 bits per heavy atom. The number of amides is 1. The van der Waals surface area contributed by atoms with Crippen molar-refractivity contribution < 1.29 is 9.53 Å². The summed E-state index contributed by atoms with van der Waals surface area (Å²) in [6.07, 6.45) is 0. The van der Waals surface area contributed by atoms with Crippen LogP contribution in [0.4, 0.5) is 0 Å². The van der Waals surface area contributed by atoms with Crippen LogP contribution in [0.5, 0.6) is 0 Å². The number of nitrogens with two attached hydrogens (primary N) is 1. The van der Waals surface area contributed by atoms with Crippen LogP contribution in [0.2, 0.25) is 0 Å². The summed E-state index contributed by atoms with van der Waals surface area (Å²) < 4.78 is 4.76. The first-order chi connectivity index (χ1) is 6.07. The molecule has 6 heteroatoms. The molecule has 0 aromatic carbocycles. The average Bonchev–Trinajstić information content (AvgIpc) is 2.03. The normalized spacial score (nSPS) is 12.2. The molecule has 0 aromatic rings. The molecule has 0 aliphatic carbocycles. The second kappa shape index (κ2) is 6.73. The number of carbonyl (C=O) groups excluding carboxylic acids is 1. The highest BCUT2D eigenvalue weighted by molar-refractivity contribution is 8.14. The minimum absolute atomic E-state index is 0.0469. The monoisotopic (exact) mass is 205 g/mol. The molecule has 1 unspecified atom stereocenters. The van der Waals surface area contributed by atoms with Crippen molar-refractivity contribution in [1.82, 2.24) is 5.32 Å². The Labute approximate surface area is 81.9 Å². The second-order valence-corrected chi connectivity index (χ2v) is 3.79. The van der Waals surface area contributed by atoms with Gasteiger partial charge in [0.2, 0.25) is 5.91 Å². The predicted octanol–water partition coefficient (Wildman–Crippen LogP) is -0.236. The van der Waals surface area contributed by atoms with Crippen molar-refractivity contribution in [3.8, 4) is 0 Å². The van der Waals surface area contributed by atoms with Gasteiger partial charge in [-0.3, -0.25) is 10.2 Å². The SMILES string of the molecule is COCCNC(=O)C(C)SC(=N)N. The fraction of sp³-hybridized carbons (Fsp3) is 0.714. The molecule has 1 atom stereocenters. The molecule has 0 aliphatic rings. The van der Waals surface area contributed by atoms with Gasteiger partial charge in [0, 0.05) is 13.7 Å². The molecule has 0 bridgehead atoms. The molecule has 76 valence electrons. The van der Waals surface area contributed by atoms with Gasteiger partial charge >= 0.3 is 0 Å². The third-order valence-corrected chi connectivity index (χ3v) is 2.10. The molecule has 0 saturated carbocycles. The lowest BCUT2D eigenvalue weighted by molar-refractivity contribution is -0.120. The minimum atomic E-state index is -0.325. The molecule has 13 heavy (non-hydrogen) atoms. The van der Waals surface area contributed by atoms with E-state index >= 15 is 0 Å². The average molecular weight is 205 g/mol. The van der Waals surface area contributed by atoms with Crippen molar-refractivity contribution in [2.45, 2.75) is 12.2 Å². The van der Waals surface area contributed by atoms with E-state index in [1.165, 1.54) is 0 Å². The summed E-state index contributed by atoms with van der Waals surface area (Å²) in [5, 5.41) is 9.25. The molecule has 0 aromatic heterocycles. The number of nitrogens with one attached hydrogen (secondary N) is 2. The van der Waals surface area contributed by atoms with Crippen molar-refractivity contribution in [1.29, 1.82) is 5.41 Å². The fourth-order valence-corrected chi connectivity index (χ4v) is 1.24. The van der Waals surface area contributed by atoms with E-state index in [1.807, 2.05) is 0 Å². The number of amidine groups is 1. The zero-order valence-corrected chi connectivity index (χ0v) is 8.61. The molecule has 0 fully saturated rings. The van der Waals surface area contributed by atoms with Crippen LogP contribution >= 0.6 is 11.8 Å². The quantitative estimate of drug-likeness (QED) is 0.328. The van der Waals surface area contributed by atoms with Gasteiger partial charge in [-0.25, -0.2) is 0 Å². The maximum Gasteiger partial charge on any atom is 0.233 e. The van der Waals surface area contributed by atoms with Gasteiger partial charge in [-0.15, -0.1) is 0 Å². The van der Waals surface area contributed by atoms with Crippen molar-refractivity contribution in [3.05, 3.63) is 0 Å². The lowest BCUT2D eigenvalue weighted by Crippen LogP contribution is -2.34. The lowest BCUT2D eigenvalue weighted by Gasteiger charge is -2.09. The molecule has 0 radical (unpaired) electrons. The lowest BCUT2D eigenvalue weighted by atomic mass is 10.4. The molecule has 5 nitrogen and oxygen atoms in total. The van der Waals surface area contributed by atoms with Gasteiger partial charge in [-0.05, 0) is 6.92 Å². The van der Waals surface area contributed by atoms with Gasteiger partial charge in [-0.2, -0.15) is 0 Å². The zero-order valence-electron chi connectivity index (χ0n) is 7.79. The molecule has 0 spiro atoms. The van der Waals surface area contributed by atoms with E-state index in [0.717, 1.165) is 11.8 Å². The van der Waals surface area contributed by atoms with Crippen LogP contribution in [0.25, 0.3) is 0 Å². The predicted molar refractivity (Wildman–Crippen MR) is 53.9 cm³/mol. The van der Waals surface area contributed by atoms with Crippen molar-refractivity contribution in [2.75, 3.05) is 20.3 Å². The highest BCUT2D eigenvalue weighted by atomic mass is 32.2. The number of hydrogen-bond donors (Lipinski definition) is 3. The van der Waals surface area contributed by atoms with E-state index in [4.69, 9.17) is 15.9 Å². The highest BCUT2D eigenvalue weighted by Gasteiger charge is 2.13. The largest absolute Gasteiger partial charge is 0.383 e. The first-order valence-corrected chi connectivity index (χ1v) is 4.73. The van der Waals surface area contributed by atoms with E-state index in [0.29, 0.717) is 13.2 Å². The van der Waals surface area contributed by atoms with Gasteiger partial charge in [-0.1, -0.05) is 11.8 Å². The Hall–Kier alpha value is -0.750. The van der Waals surface area contributed by atoms with Crippen LogP contribution in [-0.2, 0) is 9.53 Å². The first kappa shape index (κ1) is 12.2. The van der Waals surface area contributed by atoms with Crippen molar-refractivity contribution in [2.24, 2.45) is 5.73 Å². The number of methoxy groups -OCH3 is 1. The van der Waals surface area contributed by atoms with Gasteiger partial charge in [0.25, 0.3) is 0 Å². The van der Waals surface area contributed by atoms with Gasteiger partial charge < -0.3 is 15.8 Å². The summed E-state index contributed by atoms with van der Waals surface area (Å²) in [6.45, 7) is 2.68. The standard InChI is InChI=1S/C7H15N3O2S/c1-5(13-7(8)9)6(11)10-3-4-12-2/h5H,3-4H2,1-2H3,(H3,8,9)(H,10,11). The van der Waals surface area contributed by atoms with Crippen LogP contribution in [0.1, 0.15) is 6.92 Å². The summed E-state index contributed by atoms with van der Waals surface area (Å²) in [5.41, 5.74) is 5.13. The molecule has 0 saturated heterocycles. The molecule has 0 rings (SSSR count). The van der Waals surface area contributed by atoms with Crippen molar-refractivity contribution in [3.63, 3.8) is 0 Å². The van der Waals surface area contributed by atoms with Crippen LogP contribution in [0, 0.1) is 5.41 Å². The smallest absolute Gasteiger partial charge is 0.233 e. The number of rotatable bonds is 5. The Morgan fingerprint density at radius 2 is 2.38 bits per heavy atom.